The number of hydrogen-bond donors (Lipinski definition) is 3. The lowest BCUT2D eigenvalue weighted by atomic mass is 9.96. The minimum Gasteiger partial charge on any atom is -0.354 e. The maximum atomic E-state index is 12.2. The van der Waals surface area contributed by atoms with Crippen LogP contribution in [-0.4, -0.2) is 37.5 Å². The Kier molecular flexibility index (Phi) is 4.58. The van der Waals surface area contributed by atoms with Gasteiger partial charge < -0.3 is 16.0 Å². The van der Waals surface area contributed by atoms with Crippen molar-refractivity contribution in [2.24, 2.45) is 11.8 Å². The van der Waals surface area contributed by atoms with Gasteiger partial charge >= 0.3 is 0 Å². The number of nitrogens with one attached hydrogen (secondary N) is 3. The summed E-state index contributed by atoms with van der Waals surface area (Å²) in [5.74, 6) is 0.736. The Labute approximate surface area is 108 Å². The smallest absolute Gasteiger partial charge is 0.242 e. The Morgan fingerprint density at radius 1 is 1.28 bits per heavy atom. The summed E-state index contributed by atoms with van der Waals surface area (Å²) in [4.78, 5) is 23.4. The molecule has 5 heteroatoms. The van der Waals surface area contributed by atoms with Crippen molar-refractivity contribution in [1.82, 2.24) is 16.0 Å². The average molecular weight is 253 g/mol. The zero-order valence-corrected chi connectivity index (χ0v) is 11.0. The van der Waals surface area contributed by atoms with Crippen molar-refractivity contribution in [2.45, 2.75) is 38.6 Å². The highest BCUT2D eigenvalue weighted by Crippen LogP contribution is 2.27. The lowest BCUT2D eigenvalue weighted by Gasteiger charge is -2.29. The Morgan fingerprint density at radius 2 is 1.94 bits per heavy atom. The van der Waals surface area contributed by atoms with Gasteiger partial charge in [0.2, 0.25) is 11.8 Å². The second-order valence-corrected chi connectivity index (χ2v) is 5.49. The number of carbonyl (C=O) groups excluding carboxylic acids is 2. The fourth-order valence-corrected chi connectivity index (χ4v) is 2.75. The van der Waals surface area contributed by atoms with E-state index in [0.717, 1.165) is 25.9 Å². The number of hydrogen-bond acceptors (Lipinski definition) is 3. The van der Waals surface area contributed by atoms with E-state index < -0.39 is 0 Å². The lowest BCUT2D eigenvalue weighted by Crippen LogP contribution is -2.54. The molecule has 1 atom stereocenters. The van der Waals surface area contributed by atoms with E-state index in [1.165, 1.54) is 19.8 Å². The number of amides is 2. The standard InChI is InChI=1S/C13H23N3O2/c1-9(17)16-12(11-4-2-3-5-11)13(18)15-8-10-6-14-7-10/h10-12,14H,2-8H2,1H3,(H,15,18)(H,16,17). The third-order valence-electron chi connectivity index (χ3n) is 3.94. The van der Waals surface area contributed by atoms with Crippen molar-refractivity contribution < 1.29 is 9.59 Å². The van der Waals surface area contributed by atoms with Crippen LogP contribution < -0.4 is 16.0 Å². The minimum atomic E-state index is -0.335. The van der Waals surface area contributed by atoms with Gasteiger partial charge in [0.25, 0.3) is 0 Å². The number of rotatable bonds is 5. The fraction of sp³-hybridized carbons (Fsp3) is 0.846. The van der Waals surface area contributed by atoms with Crippen molar-refractivity contribution in [1.29, 1.82) is 0 Å². The van der Waals surface area contributed by atoms with Gasteiger partial charge in [0.1, 0.15) is 6.04 Å². The van der Waals surface area contributed by atoms with Crippen LogP contribution in [0, 0.1) is 11.8 Å². The predicted octanol–water partition coefficient (Wildman–Crippen LogP) is 0.0169. The molecule has 1 unspecified atom stereocenters. The maximum absolute atomic E-state index is 12.2. The van der Waals surface area contributed by atoms with E-state index in [1.807, 2.05) is 0 Å². The van der Waals surface area contributed by atoms with Gasteiger partial charge in [-0.25, -0.2) is 0 Å². The van der Waals surface area contributed by atoms with Crippen LogP contribution in [0.4, 0.5) is 0 Å². The van der Waals surface area contributed by atoms with Gasteiger partial charge in [-0.3, -0.25) is 9.59 Å². The zero-order chi connectivity index (χ0) is 13.0. The molecule has 1 aliphatic carbocycles. The molecule has 0 radical (unpaired) electrons. The summed E-state index contributed by atoms with van der Waals surface area (Å²) in [6, 6.07) is -0.335. The second kappa shape index (κ2) is 6.18. The first-order valence-corrected chi connectivity index (χ1v) is 6.92. The van der Waals surface area contributed by atoms with Crippen LogP contribution in [0.2, 0.25) is 0 Å². The van der Waals surface area contributed by atoms with Crippen LogP contribution in [0.5, 0.6) is 0 Å². The van der Waals surface area contributed by atoms with Gasteiger partial charge in [-0.2, -0.15) is 0 Å². The summed E-state index contributed by atoms with van der Waals surface area (Å²) in [5.41, 5.74) is 0. The van der Waals surface area contributed by atoms with E-state index in [1.54, 1.807) is 0 Å². The monoisotopic (exact) mass is 253 g/mol. The molecule has 1 saturated carbocycles. The zero-order valence-electron chi connectivity index (χ0n) is 11.0. The third-order valence-corrected chi connectivity index (χ3v) is 3.94. The van der Waals surface area contributed by atoms with Crippen LogP contribution in [-0.2, 0) is 9.59 Å². The molecule has 0 aromatic carbocycles. The SMILES string of the molecule is CC(=O)NC(C(=O)NCC1CNC1)C1CCCC1. The van der Waals surface area contributed by atoms with Gasteiger partial charge in [-0.1, -0.05) is 12.8 Å². The Hall–Kier alpha value is -1.10. The third kappa shape index (κ3) is 3.45. The van der Waals surface area contributed by atoms with Gasteiger partial charge in [-0.05, 0) is 18.8 Å². The van der Waals surface area contributed by atoms with E-state index in [2.05, 4.69) is 16.0 Å². The van der Waals surface area contributed by atoms with Crippen LogP contribution in [0.15, 0.2) is 0 Å². The van der Waals surface area contributed by atoms with Gasteiger partial charge in [0.05, 0.1) is 0 Å². The molecule has 0 aromatic rings. The summed E-state index contributed by atoms with van der Waals surface area (Å²) in [6.45, 7) is 4.16. The highest BCUT2D eigenvalue weighted by atomic mass is 16.2. The van der Waals surface area contributed by atoms with Crippen LogP contribution in [0.1, 0.15) is 32.6 Å². The van der Waals surface area contributed by atoms with E-state index in [4.69, 9.17) is 0 Å². The molecule has 0 aromatic heterocycles. The Balaban J connectivity index is 1.84. The molecule has 0 spiro atoms. The van der Waals surface area contributed by atoms with Gasteiger partial charge in [-0.15, -0.1) is 0 Å². The van der Waals surface area contributed by atoms with Crippen molar-refractivity contribution in [3.8, 4) is 0 Å². The first-order valence-electron chi connectivity index (χ1n) is 6.92. The summed E-state index contributed by atoms with van der Waals surface area (Å²) in [7, 11) is 0. The molecule has 102 valence electrons. The molecular weight excluding hydrogens is 230 g/mol. The fourth-order valence-electron chi connectivity index (χ4n) is 2.75. The maximum Gasteiger partial charge on any atom is 0.242 e. The van der Waals surface area contributed by atoms with Crippen molar-refractivity contribution >= 4 is 11.8 Å². The van der Waals surface area contributed by atoms with Crippen molar-refractivity contribution in [3.63, 3.8) is 0 Å². The molecule has 1 aliphatic heterocycles. The normalized spacial score (nSPS) is 22.3. The second-order valence-electron chi connectivity index (χ2n) is 5.49. The van der Waals surface area contributed by atoms with Crippen LogP contribution in [0.3, 0.4) is 0 Å². The summed E-state index contributed by atoms with van der Waals surface area (Å²) in [6.07, 6.45) is 4.42. The molecular formula is C13H23N3O2. The van der Waals surface area contributed by atoms with Gasteiger partial charge in [0, 0.05) is 32.5 Å². The van der Waals surface area contributed by atoms with Crippen LogP contribution >= 0.6 is 0 Å². The molecule has 18 heavy (non-hydrogen) atoms. The van der Waals surface area contributed by atoms with E-state index in [9.17, 15) is 9.59 Å². The van der Waals surface area contributed by atoms with Gasteiger partial charge in [0.15, 0.2) is 0 Å². The minimum absolute atomic E-state index is 0.0102. The largest absolute Gasteiger partial charge is 0.354 e. The first kappa shape index (κ1) is 13.3. The van der Waals surface area contributed by atoms with E-state index in [0.29, 0.717) is 18.4 Å². The lowest BCUT2D eigenvalue weighted by molar-refractivity contribution is -0.129. The molecule has 0 bridgehead atoms. The molecule has 1 heterocycles. The van der Waals surface area contributed by atoms with Crippen molar-refractivity contribution in [2.75, 3.05) is 19.6 Å². The highest BCUT2D eigenvalue weighted by molar-refractivity contribution is 5.87. The highest BCUT2D eigenvalue weighted by Gasteiger charge is 2.31. The number of carbonyl (C=O) groups is 2. The summed E-state index contributed by atoms with van der Waals surface area (Å²) >= 11 is 0. The first-order chi connectivity index (χ1) is 8.66. The Morgan fingerprint density at radius 3 is 2.44 bits per heavy atom. The molecule has 3 N–H and O–H groups in total. The van der Waals surface area contributed by atoms with Crippen molar-refractivity contribution in [3.05, 3.63) is 0 Å². The van der Waals surface area contributed by atoms with E-state index >= 15 is 0 Å². The quantitative estimate of drug-likeness (QED) is 0.647. The molecule has 2 fully saturated rings. The summed E-state index contributed by atoms with van der Waals surface area (Å²) < 4.78 is 0. The summed E-state index contributed by atoms with van der Waals surface area (Å²) in [5, 5.41) is 8.97. The topological polar surface area (TPSA) is 70.2 Å². The molecule has 2 amide bonds. The Bertz CT molecular complexity index is 309. The van der Waals surface area contributed by atoms with Crippen LogP contribution in [0.25, 0.3) is 0 Å². The molecule has 2 rings (SSSR count). The molecule has 2 aliphatic rings. The molecule has 1 saturated heterocycles. The average Bonchev–Trinajstić information content (AvgIpc) is 2.76. The molecule has 5 nitrogen and oxygen atoms in total. The van der Waals surface area contributed by atoms with E-state index in [-0.39, 0.29) is 17.9 Å². The predicted molar refractivity (Wildman–Crippen MR) is 68.9 cm³/mol.